The largest absolute Gasteiger partial charge is 0.394 e. The standard InChI is InChI=1S/C26H32F3N7O2/c1-14(2)31-25-30-12-21-23(34-25)36(26(32-21)33-22-19(28)10-16(27)11-20(22)29)17-7-5-15(6-8-17)24(38)35-9-3-4-18(35)13-37/h10-12,14-15,17-18,37H,3-9,13H2,1-2H3,(H,32,33)(H,30,31,34)/t15-,17+,18-/m1/s1. The van der Waals surface area contributed by atoms with Crippen molar-refractivity contribution in [1.29, 1.82) is 0 Å². The van der Waals surface area contributed by atoms with E-state index in [4.69, 9.17) is 0 Å². The van der Waals surface area contributed by atoms with Crippen molar-refractivity contribution in [3.05, 3.63) is 35.8 Å². The van der Waals surface area contributed by atoms with E-state index >= 15 is 0 Å². The third-order valence-corrected chi connectivity index (χ3v) is 7.38. The van der Waals surface area contributed by atoms with Crippen LogP contribution in [0.3, 0.4) is 0 Å². The Hall–Kier alpha value is -3.41. The highest BCUT2D eigenvalue weighted by molar-refractivity contribution is 5.80. The Kier molecular flexibility index (Phi) is 7.42. The lowest BCUT2D eigenvalue weighted by atomic mass is 9.85. The van der Waals surface area contributed by atoms with Gasteiger partial charge in [0.05, 0.1) is 18.8 Å². The quantitative estimate of drug-likeness (QED) is 0.411. The highest BCUT2D eigenvalue weighted by Gasteiger charge is 2.36. The number of likely N-dealkylation sites (tertiary alicyclic amines) is 1. The third kappa shape index (κ3) is 5.13. The molecular formula is C26H32F3N7O2. The molecule has 0 bridgehead atoms. The van der Waals surface area contributed by atoms with Crippen LogP contribution < -0.4 is 10.6 Å². The van der Waals surface area contributed by atoms with E-state index in [1.54, 1.807) is 10.8 Å². The van der Waals surface area contributed by atoms with Gasteiger partial charge in [0.1, 0.15) is 17.0 Å². The fourth-order valence-electron chi connectivity index (χ4n) is 5.56. The molecule has 1 aliphatic heterocycles. The molecule has 1 saturated carbocycles. The van der Waals surface area contributed by atoms with Crippen LogP contribution in [0.15, 0.2) is 18.3 Å². The number of benzene rings is 1. The minimum atomic E-state index is -1.08. The summed E-state index contributed by atoms with van der Waals surface area (Å²) in [6, 6.07) is 1.04. The van der Waals surface area contributed by atoms with Gasteiger partial charge >= 0.3 is 0 Å². The van der Waals surface area contributed by atoms with Gasteiger partial charge in [-0.3, -0.25) is 9.36 Å². The zero-order valence-electron chi connectivity index (χ0n) is 21.4. The summed E-state index contributed by atoms with van der Waals surface area (Å²) < 4.78 is 44.3. The number of rotatable bonds is 7. The number of fused-ring (bicyclic) bond motifs is 1. The van der Waals surface area contributed by atoms with Gasteiger partial charge in [0, 0.05) is 36.7 Å². The molecule has 0 radical (unpaired) electrons. The molecule has 1 aliphatic carbocycles. The molecule has 3 heterocycles. The SMILES string of the molecule is CC(C)Nc1ncc2nc(Nc3c(F)cc(F)cc3F)n([C@H]3CC[C@@H](C(=O)N4CCC[C@@H]4CO)CC3)c2n1. The van der Waals surface area contributed by atoms with Crippen LogP contribution in [-0.4, -0.2) is 60.7 Å². The van der Waals surface area contributed by atoms with E-state index in [0.29, 0.717) is 61.5 Å². The van der Waals surface area contributed by atoms with E-state index in [0.717, 1.165) is 12.8 Å². The summed E-state index contributed by atoms with van der Waals surface area (Å²) >= 11 is 0. The predicted molar refractivity (Wildman–Crippen MR) is 136 cm³/mol. The molecular weight excluding hydrogens is 499 g/mol. The van der Waals surface area contributed by atoms with Gasteiger partial charge in [-0.25, -0.2) is 23.1 Å². The van der Waals surface area contributed by atoms with Crippen molar-refractivity contribution in [2.75, 3.05) is 23.8 Å². The molecule has 0 unspecified atom stereocenters. The molecule has 9 nitrogen and oxygen atoms in total. The predicted octanol–water partition coefficient (Wildman–Crippen LogP) is 4.52. The molecule has 12 heteroatoms. The van der Waals surface area contributed by atoms with E-state index in [-0.39, 0.29) is 42.5 Å². The number of nitrogens with zero attached hydrogens (tertiary/aromatic N) is 5. The molecule has 1 aromatic carbocycles. The highest BCUT2D eigenvalue weighted by Crippen LogP contribution is 2.39. The van der Waals surface area contributed by atoms with Gasteiger partial charge < -0.3 is 20.6 Å². The maximum absolute atomic E-state index is 14.5. The number of halogens is 3. The van der Waals surface area contributed by atoms with Crippen molar-refractivity contribution < 1.29 is 23.1 Å². The van der Waals surface area contributed by atoms with Crippen molar-refractivity contribution >= 4 is 34.7 Å². The van der Waals surface area contributed by atoms with E-state index in [1.165, 1.54) is 0 Å². The van der Waals surface area contributed by atoms with E-state index in [9.17, 15) is 23.1 Å². The molecule has 38 heavy (non-hydrogen) atoms. The summed E-state index contributed by atoms with van der Waals surface area (Å²) in [5.74, 6) is -2.68. The maximum atomic E-state index is 14.5. The van der Waals surface area contributed by atoms with Crippen LogP contribution in [-0.2, 0) is 4.79 Å². The summed E-state index contributed by atoms with van der Waals surface area (Å²) in [5.41, 5.74) is 0.415. The van der Waals surface area contributed by atoms with Crippen molar-refractivity contribution in [1.82, 2.24) is 24.4 Å². The normalized spacial score (nSPS) is 21.9. The van der Waals surface area contributed by atoms with E-state index < -0.39 is 23.1 Å². The average Bonchev–Trinajstić information content (AvgIpc) is 3.49. The van der Waals surface area contributed by atoms with Gasteiger partial charge in [-0.05, 0) is 52.4 Å². The lowest BCUT2D eigenvalue weighted by Crippen LogP contribution is -2.42. The fraction of sp³-hybridized carbons (Fsp3) is 0.538. The number of aliphatic hydroxyl groups excluding tert-OH is 1. The van der Waals surface area contributed by atoms with Gasteiger partial charge in [-0.2, -0.15) is 4.98 Å². The Morgan fingerprint density at radius 1 is 1.11 bits per heavy atom. The molecule has 0 spiro atoms. The summed E-state index contributed by atoms with van der Waals surface area (Å²) in [6.45, 7) is 4.55. The number of aliphatic hydroxyl groups is 1. The van der Waals surface area contributed by atoms with Crippen LogP contribution in [0.1, 0.15) is 58.4 Å². The minimum absolute atomic E-state index is 0.0277. The summed E-state index contributed by atoms with van der Waals surface area (Å²) in [6.07, 6.45) is 5.75. The van der Waals surface area contributed by atoms with Crippen LogP contribution in [0.25, 0.3) is 11.2 Å². The Labute approximate surface area is 218 Å². The Bertz CT molecular complexity index is 1300. The van der Waals surface area contributed by atoms with Gasteiger partial charge in [-0.15, -0.1) is 0 Å². The molecule has 204 valence electrons. The number of nitrogens with one attached hydrogen (secondary N) is 2. The first kappa shape index (κ1) is 26.2. The average molecular weight is 532 g/mol. The lowest BCUT2D eigenvalue weighted by Gasteiger charge is -2.33. The van der Waals surface area contributed by atoms with Crippen LogP contribution in [0.2, 0.25) is 0 Å². The highest BCUT2D eigenvalue weighted by atomic mass is 19.1. The van der Waals surface area contributed by atoms with Crippen LogP contribution >= 0.6 is 0 Å². The van der Waals surface area contributed by atoms with Gasteiger partial charge in [0.25, 0.3) is 0 Å². The molecule has 1 atom stereocenters. The summed E-state index contributed by atoms with van der Waals surface area (Å²) in [5, 5.41) is 15.5. The Balaban J connectivity index is 1.45. The topological polar surface area (TPSA) is 108 Å². The second-order valence-electron chi connectivity index (χ2n) is 10.4. The number of imidazole rings is 1. The van der Waals surface area contributed by atoms with Crippen LogP contribution in [0.4, 0.5) is 30.8 Å². The number of anilines is 3. The zero-order chi connectivity index (χ0) is 27.0. The van der Waals surface area contributed by atoms with Gasteiger partial charge in [0.15, 0.2) is 17.3 Å². The Morgan fingerprint density at radius 2 is 1.82 bits per heavy atom. The second-order valence-corrected chi connectivity index (χ2v) is 10.4. The molecule has 5 rings (SSSR count). The van der Waals surface area contributed by atoms with Crippen molar-refractivity contribution in [2.45, 2.75) is 70.5 Å². The van der Waals surface area contributed by atoms with E-state index in [2.05, 4.69) is 25.6 Å². The molecule has 3 N–H and O–H groups in total. The zero-order valence-corrected chi connectivity index (χ0v) is 21.4. The lowest BCUT2D eigenvalue weighted by molar-refractivity contribution is -0.138. The van der Waals surface area contributed by atoms with Crippen LogP contribution in [0.5, 0.6) is 0 Å². The van der Waals surface area contributed by atoms with E-state index in [1.807, 2.05) is 18.7 Å². The second kappa shape index (κ2) is 10.8. The monoisotopic (exact) mass is 531 g/mol. The Morgan fingerprint density at radius 3 is 2.47 bits per heavy atom. The summed E-state index contributed by atoms with van der Waals surface area (Å²) in [4.78, 5) is 28.4. The molecule has 1 saturated heterocycles. The molecule has 2 aromatic heterocycles. The van der Waals surface area contributed by atoms with Gasteiger partial charge in [-0.1, -0.05) is 0 Å². The minimum Gasteiger partial charge on any atom is -0.394 e. The van der Waals surface area contributed by atoms with Gasteiger partial charge in [0.2, 0.25) is 17.8 Å². The number of carbonyl (C=O) groups is 1. The number of aromatic nitrogens is 4. The molecule has 1 amide bonds. The van der Waals surface area contributed by atoms with Crippen molar-refractivity contribution in [2.24, 2.45) is 5.92 Å². The first-order valence-corrected chi connectivity index (χ1v) is 13.1. The first-order valence-electron chi connectivity index (χ1n) is 13.1. The number of hydrogen-bond acceptors (Lipinski definition) is 7. The smallest absolute Gasteiger partial charge is 0.226 e. The molecule has 2 fully saturated rings. The number of hydrogen-bond donors (Lipinski definition) is 3. The van der Waals surface area contributed by atoms with Crippen molar-refractivity contribution in [3.63, 3.8) is 0 Å². The number of carbonyl (C=O) groups excluding carboxylic acids is 1. The maximum Gasteiger partial charge on any atom is 0.226 e. The summed E-state index contributed by atoms with van der Waals surface area (Å²) in [7, 11) is 0. The first-order chi connectivity index (χ1) is 18.2. The molecule has 2 aliphatic rings. The fourth-order valence-corrected chi connectivity index (χ4v) is 5.56. The molecule has 3 aromatic rings. The van der Waals surface area contributed by atoms with Crippen molar-refractivity contribution in [3.8, 4) is 0 Å². The number of amides is 1. The third-order valence-electron chi connectivity index (χ3n) is 7.38. The van der Waals surface area contributed by atoms with Crippen LogP contribution in [0, 0.1) is 23.4 Å².